The SMILES string of the molecule is Fc1ccc2[nH]c3c(c2c1)CCN(c1ccc(N2CCOCC2)c(F)c1)C3. The normalized spacial score (nSPS) is 17.4. The summed E-state index contributed by atoms with van der Waals surface area (Å²) >= 11 is 0. The zero-order valence-electron chi connectivity index (χ0n) is 15.0. The van der Waals surface area contributed by atoms with Gasteiger partial charge in [-0.15, -0.1) is 0 Å². The summed E-state index contributed by atoms with van der Waals surface area (Å²) in [6.45, 7) is 4.16. The molecule has 0 bridgehead atoms. The van der Waals surface area contributed by atoms with Crippen molar-refractivity contribution in [2.24, 2.45) is 0 Å². The second-order valence-corrected chi connectivity index (χ2v) is 7.18. The number of fused-ring (bicyclic) bond motifs is 3. The number of halogens is 2. The van der Waals surface area contributed by atoms with E-state index in [2.05, 4.69) is 9.88 Å². The molecular formula is C21H21F2N3O. The van der Waals surface area contributed by atoms with Crippen molar-refractivity contribution in [2.45, 2.75) is 13.0 Å². The molecule has 0 atom stereocenters. The first-order valence-electron chi connectivity index (χ1n) is 9.35. The molecule has 1 saturated heterocycles. The lowest BCUT2D eigenvalue weighted by molar-refractivity contribution is 0.122. The quantitative estimate of drug-likeness (QED) is 0.745. The minimum Gasteiger partial charge on any atom is -0.378 e. The van der Waals surface area contributed by atoms with E-state index in [-0.39, 0.29) is 11.6 Å². The number of nitrogens with zero attached hydrogens (tertiary/aromatic N) is 2. The average Bonchev–Trinajstić information content (AvgIpc) is 3.05. The number of benzene rings is 2. The van der Waals surface area contributed by atoms with Crippen LogP contribution in [0.15, 0.2) is 36.4 Å². The third-order valence-electron chi connectivity index (χ3n) is 5.59. The molecule has 6 heteroatoms. The van der Waals surface area contributed by atoms with Crippen molar-refractivity contribution < 1.29 is 13.5 Å². The second-order valence-electron chi connectivity index (χ2n) is 7.18. The van der Waals surface area contributed by atoms with Gasteiger partial charge in [-0.1, -0.05) is 0 Å². The van der Waals surface area contributed by atoms with Crippen molar-refractivity contribution in [1.82, 2.24) is 4.98 Å². The van der Waals surface area contributed by atoms with Crippen LogP contribution in [0.2, 0.25) is 0 Å². The van der Waals surface area contributed by atoms with Gasteiger partial charge in [0.2, 0.25) is 0 Å². The lowest BCUT2D eigenvalue weighted by atomic mass is 10.0. The van der Waals surface area contributed by atoms with Crippen molar-refractivity contribution >= 4 is 22.3 Å². The molecule has 4 nitrogen and oxygen atoms in total. The Morgan fingerprint density at radius 2 is 1.78 bits per heavy atom. The van der Waals surface area contributed by atoms with E-state index in [9.17, 15) is 8.78 Å². The fourth-order valence-corrected chi connectivity index (χ4v) is 4.19. The summed E-state index contributed by atoms with van der Waals surface area (Å²) < 4.78 is 33.7. The topological polar surface area (TPSA) is 31.5 Å². The maximum absolute atomic E-state index is 14.7. The van der Waals surface area contributed by atoms with Crippen LogP contribution in [-0.4, -0.2) is 37.8 Å². The van der Waals surface area contributed by atoms with Crippen LogP contribution in [0.4, 0.5) is 20.2 Å². The first-order chi connectivity index (χ1) is 13.2. The summed E-state index contributed by atoms with van der Waals surface area (Å²) in [7, 11) is 0. The lowest BCUT2D eigenvalue weighted by Crippen LogP contribution is -2.37. The highest BCUT2D eigenvalue weighted by atomic mass is 19.1. The number of morpholine rings is 1. The van der Waals surface area contributed by atoms with Gasteiger partial charge in [-0.25, -0.2) is 8.78 Å². The first-order valence-corrected chi connectivity index (χ1v) is 9.35. The number of H-pyrrole nitrogens is 1. The number of ether oxygens (including phenoxy) is 1. The molecule has 0 radical (unpaired) electrons. The molecule has 2 aromatic carbocycles. The zero-order valence-corrected chi connectivity index (χ0v) is 15.0. The van der Waals surface area contributed by atoms with Gasteiger partial charge >= 0.3 is 0 Å². The van der Waals surface area contributed by atoms with Gasteiger partial charge in [0.25, 0.3) is 0 Å². The van der Waals surface area contributed by atoms with E-state index in [1.54, 1.807) is 18.2 Å². The van der Waals surface area contributed by atoms with Crippen LogP contribution >= 0.6 is 0 Å². The largest absolute Gasteiger partial charge is 0.378 e. The van der Waals surface area contributed by atoms with Crippen molar-refractivity contribution in [3.8, 4) is 0 Å². The fourth-order valence-electron chi connectivity index (χ4n) is 4.19. The predicted octanol–water partition coefficient (Wildman–Crippen LogP) is 3.85. The monoisotopic (exact) mass is 369 g/mol. The summed E-state index contributed by atoms with van der Waals surface area (Å²) in [5, 5.41) is 0.957. The van der Waals surface area contributed by atoms with Crippen LogP contribution in [-0.2, 0) is 17.7 Å². The predicted molar refractivity (Wildman–Crippen MR) is 102 cm³/mol. The molecule has 0 saturated carbocycles. The fraction of sp³-hybridized carbons (Fsp3) is 0.333. The molecule has 0 amide bonds. The van der Waals surface area contributed by atoms with E-state index < -0.39 is 0 Å². The summed E-state index contributed by atoms with van der Waals surface area (Å²) in [6, 6.07) is 10.3. The van der Waals surface area contributed by atoms with Crippen molar-refractivity contribution in [3.05, 3.63) is 59.3 Å². The maximum Gasteiger partial charge on any atom is 0.148 e. The number of anilines is 2. The van der Waals surface area contributed by atoms with Crippen molar-refractivity contribution in [2.75, 3.05) is 42.6 Å². The van der Waals surface area contributed by atoms with E-state index in [0.717, 1.165) is 48.3 Å². The third-order valence-corrected chi connectivity index (χ3v) is 5.59. The molecule has 1 fully saturated rings. The number of rotatable bonds is 2. The Morgan fingerprint density at radius 1 is 0.926 bits per heavy atom. The second kappa shape index (κ2) is 6.53. The number of nitrogens with one attached hydrogen (secondary N) is 1. The van der Waals surface area contributed by atoms with E-state index in [0.29, 0.717) is 25.4 Å². The van der Waals surface area contributed by atoms with Crippen LogP contribution in [0.1, 0.15) is 11.3 Å². The number of hydrogen-bond acceptors (Lipinski definition) is 3. The highest BCUT2D eigenvalue weighted by molar-refractivity contribution is 5.85. The van der Waals surface area contributed by atoms with Crippen molar-refractivity contribution in [1.29, 1.82) is 0 Å². The maximum atomic E-state index is 14.7. The Labute approximate surface area is 156 Å². The Morgan fingerprint density at radius 3 is 2.59 bits per heavy atom. The molecule has 3 heterocycles. The summed E-state index contributed by atoms with van der Waals surface area (Å²) in [5.41, 5.74) is 4.73. The Bertz CT molecular complexity index is 995. The van der Waals surface area contributed by atoms with E-state index in [4.69, 9.17) is 4.74 Å². The van der Waals surface area contributed by atoms with Crippen LogP contribution < -0.4 is 9.80 Å². The first kappa shape index (κ1) is 16.6. The van der Waals surface area contributed by atoms with E-state index in [1.807, 2.05) is 17.0 Å². The number of aromatic nitrogens is 1. The molecular weight excluding hydrogens is 348 g/mol. The van der Waals surface area contributed by atoms with Gasteiger partial charge in [-0.2, -0.15) is 0 Å². The minimum absolute atomic E-state index is 0.195. The highest BCUT2D eigenvalue weighted by Gasteiger charge is 2.22. The van der Waals surface area contributed by atoms with Crippen LogP contribution in [0, 0.1) is 11.6 Å². The molecule has 1 aromatic heterocycles. The smallest absolute Gasteiger partial charge is 0.148 e. The highest BCUT2D eigenvalue weighted by Crippen LogP contribution is 2.32. The third kappa shape index (κ3) is 2.94. The Kier molecular flexibility index (Phi) is 4.01. The van der Waals surface area contributed by atoms with Gasteiger partial charge in [0.15, 0.2) is 0 Å². The molecule has 1 N–H and O–H groups in total. The Balaban J connectivity index is 1.41. The van der Waals surface area contributed by atoms with E-state index in [1.165, 1.54) is 11.6 Å². The molecule has 2 aliphatic heterocycles. The molecule has 27 heavy (non-hydrogen) atoms. The molecule has 0 spiro atoms. The number of aromatic amines is 1. The van der Waals surface area contributed by atoms with Crippen molar-refractivity contribution in [3.63, 3.8) is 0 Å². The standard InChI is InChI=1S/C21H21F2N3O/c22-14-1-3-19-17(11-14)16-5-6-26(13-20(16)24-19)15-2-4-21(18(23)12-15)25-7-9-27-10-8-25/h1-4,11-12,24H,5-10,13H2. The van der Waals surface area contributed by atoms with Gasteiger partial charge < -0.3 is 19.5 Å². The van der Waals surface area contributed by atoms with Gasteiger partial charge in [-0.3, -0.25) is 0 Å². The zero-order chi connectivity index (χ0) is 18.4. The summed E-state index contributed by atoms with van der Waals surface area (Å²) in [6.07, 6.45) is 0.811. The Hall–Kier alpha value is -2.60. The molecule has 3 aromatic rings. The van der Waals surface area contributed by atoms with Gasteiger partial charge in [-0.05, 0) is 48.4 Å². The lowest BCUT2D eigenvalue weighted by Gasteiger charge is -2.31. The summed E-state index contributed by atoms with van der Waals surface area (Å²) in [4.78, 5) is 7.59. The van der Waals surface area contributed by atoms with Crippen LogP contribution in [0.25, 0.3) is 10.9 Å². The van der Waals surface area contributed by atoms with Crippen LogP contribution in [0.3, 0.4) is 0 Å². The number of hydrogen-bond donors (Lipinski definition) is 1. The minimum atomic E-state index is -0.215. The van der Waals surface area contributed by atoms with E-state index >= 15 is 0 Å². The van der Waals surface area contributed by atoms with Gasteiger partial charge in [0.05, 0.1) is 25.4 Å². The molecule has 0 aliphatic carbocycles. The summed E-state index contributed by atoms with van der Waals surface area (Å²) in [5.74, 6) is -0.411. The van der Waals surface area contributed by atoms with Gasteiger partial charge in [0.1, 0.15) is 11.6 Å². The van der Waals surface area contributed by atoms with Gasteiger partial charge in [0, 0.05) is 41.9 Å². The molecule has 0 unspecified atom stereocenters. The molecule has 2 aliphatic rings. The molecule has 5 rings (SSSR count). The average molecular weight is 369 g/mol. The molecule has 140 valence electrons. The van der Waals surface area contributed by atoms with Crippen LogP contribution in [0.5, 0.6) is 0 Å².